The molecule has 26 heavy (non-hydrogen) atoms. The van der Waals surface area contributed by atoms with Crippen molar-refractivity contribution in [2.75, 3.05) is 13.9 Å². The Bertz CT molecular complexity index is 905. The summed E-state index contributed by atoms with van der Waals surface area (Å²) in [5.74, 6) is 0.823. The minimum Gasteiger partial charge on any atom is -0.467 e. The lowest BCUT2D eigenvalue weighted by atomic mass is 10.0. The molecule has 3 rings (SSSR count). The van der Waals surface area contributed by atoms with Crippen LogP contribution < -0.4 is 4.74 Å². The Morgan fingerprint density at radius 2 is 2.19 bits per heavy atom. The first-order valence-electron chi connectivity index (χ1n) is 7.99. The van der Waals surface area contributed by atoms with Gasteiger partial charge in [-0.3, -0.25) is 0 Å². The molecule has 0 N–H and O–H groups in total. The van der Waals surface area contributed by atoms with E-state index in [1.807, 2.05) is 19.9 Å². The first-order valence-corrected chi connectivity index (χ1v) is 8.98. The molecule has 0 fully saturated rings. The number of pyridine rings is 1. The maximum absolute atomic E-state index is 11.9. The molecule has 134 valence electrons. The molecule has 0 aliphatic carbocycles. The van der Waals surface area contributed by atoms with Gasteiger partial charge in [0.05, 0.1) is 24.8 Å². The number of fused-ring (bicyclic) bond motifs is 1. The van der Waals surface area contributed by atoms with Crippen LogP contribution in [-0.2, 0) is 21.8 Å². The van der Waals surface area contributed by atoms with E-state index in [1.165, 1.54) is 18.9 Å². The minimum atomic E-state index is -0.410. The van der Waals surface area contributed by atoms with Crippen molar-refractivity contribution in [3.8, 4) is 11.8 Å². The summed E-state index contributed by atoms with van der Waals surface area (Å²) in [5.41, 5.74) is 4.44. The van der Waals surface area contributed by atoms with E-state index in [1.54, 1.807) is 12.1 Å². The van der Waals surface area contributed by atoms with Crippen LogP contribution in [0.1, 0.15) is 38.3 Å². The van der Waals surface area contributed by atoms with Crippen LogP contribution in [0.25, 0.3) is 0 Å². The zero-order chi connectivity index (χ0) is 18.7. The van der Waals surface area contributed by atoms with Crippen LogP contribution in [0.2, 0.25) is 0 Å². The van der Waals surface area contributed by atoms with Crippen molar-refractivity contribution < 1.29 is 19.0 Å². The van der Waals surface area contributed by atoms with E-state index >= 15 is 0 Å². The lowest BCUT2D eigenvalue weighted by Gasteiger charge is -2.21. The predicted octanol–water partition coefficient (Wildman–Crippen LogP) is 3.52. The maximum atomic E-state index is 11.9. The molecule has 0 saturated carbocycles. The highest BCUT2D eigenvalue weighted by Crippen LogP contribution is 2.35. The number of aromatic nitrogens is 1. The Labute approximate surface area is 156 Å². The van der Waals surface area contributed by atoms with E-state index in [-0.39, 0.29) is 6.79 Å². The minimum absolute atomic E-state index is 0.174. The van der Waals surface area contributed by atoms with Crippen molar-refractivity contribution in [3.05, 3.63) is 51.7 Å². The molecule has 0 amide bonds. The van der Waals surface area contributed by atoms with Gasteiger partial charge in [0, 0.05) is 22.6 Å². The number of esters is 1. The van der Waals surface area contributed by atoms with Gasteiger partial charge in [-0.05, 0) is 37.6 Å². The highest BCUT2D eigenvalue weighted by molar-refractivity contribution is 7.98. The number of thioether (sulfide) groups is 1. The Morgan fingerprint density at radius 1 is 1.38 bits per heavy atom. The van der Waals surface area contributed by atoms with Crippen molar-refractivity contribution >= 4 is 17.7 Å². The van der Waals surface area contributed by atoms with E-state index in [0.717, 1.165) is 28.1 Å². The monoisotopic (exact) mass is 370 g/mol. The van der Waals surface area contributed by atoms with Crippen LogP contribution in [0.15, 0.2) is 23.2 Å². The number of aryl methyl sites for hydroxylation is 2. The Kier molecular flexibility index (Phi) is 5.45. The molecule has 0 unspecified atom stereocenters. The first-order chi connectivity index (χ1) is 12.5. The number of carbonyl (C=O) groups is 1. The molecule has 6 nitrogen and oxygen atoms in total. The highest BCUT2D eigenvalue weighted by atomic mass is 32.2. The van der Waals surface area contributed by atoms with Gasteiger partial charge in [0.1, 0.15) is 16.8 Å². The van der Waals surface area contributed by atoms with Crippen LogP contribution >= 0.6 is 11.8 Å². The maximum Gasteiger partial charge on any atom is 0.337 e. The molecule has 1 aliphatic heterocycles. The zero-order valence-electron chi connectivity index (χ0n) is 14.8. The molecule has 7 heteroatoms. The SMILES string of the molecule is COC(=O)c1cc2c(c(CSc3nc(C)cc(C)c3C#N)c1)OCOC2. The van der Waals surface area contributed by atoms with Gasteiger partial charge >= 0.3 is 5.97 Å². The van der Waals surface area contributed by atoms with Crippen molar-refractivity contribution in [3.63, 3.8) is 0 Å². The van der Waals surface area contributed by atoms with Gasteiger partial charge in [-0.15, -0.1) is 11.8 Å². The summed E-state index contributed by atoms with van der Waals surface area (Å²) < 4.78 is 15.8. The number of methoxy groups -OCH3 is 1. The Balaban J connectivity index is 1.95. The number of nitriles is 1. The first kappa shape index (κ1) is 18.2. The van der Waals surface area contributed by atoms with Crippen LogP contribution in [0.4, 0.5) is 0 Å². The van der Waals surface area contributed by atoms with Gasteiger partial charge in [-0.2, -0.15) is 5.26 Å². The second kappa shape index (κ2) is 7.77. The molecule has 2 heterocycles. The number of benzene rings is 1. The van der Waals surface area contributed by atoms with Gasteiger partial charge in [0.2, 0.25) is 0 Å². The van der Waals surface area contributed by atoms with E-state index in [4.69, 9.17) is 14.2 Å². The average molecular weight is 370 g/mol. The number of hydrogen-bond donors (Lipinski definition) is 0. The van der Waals surface area contributed by atoms with Crippen molar-refractivity contribution in [1.82, 2.24) is 4.98 Å². The number of carbonyl (C=O) groups excluding carboxylic acids is 1. The summed E-state index contributed by atoms with van der Waals surface area (Å²) >= 11 is 1.45. The lowest BCUT2D eigenvalue weighted by Crippen LogP contribution is -2.15. The fourth-order valence-electron chi connectivity index (χ4n) is 2.83. The normalized spacial score (nSPS) is 12.7. The summed E-state index contributed by atoms with van der Waals surface area (Å²) in [5, 5.41) is 10.1. The lowest BCUT2D eigenvalue weighted by molar-refractivity contribution is -0.0169. The zero-order valence-corrected chi connectivity index (χ0v) is 15.6. The highest BCUT2D eigenvalue weighted by Gasteiger charge is 2.20. The van der Waals surface area contributed by atoms with Gasteiger partial charge in [-0.1, -0.05) is 0 Å². The molecule has 0 atom stereocenters. The molecular weight excluding hydrogens is 352 g/mol. The quantitative estimate of drug-likeness (QED) is 0.601. The summed E-state index contributed by atoms with van der Waals surface area (Å²) in [6, 6.07) is 7.60. The van der Waals surface area contributed by atoms with E-state index < -0.39 is 5.97 Å². The number of ether oxygens (including phenoxy) is 3. The number of nitrogens with zero attached hydrogens (tertiary/aromatic N) is 2. The average Bonchev–Trinajstić information content (AvgIpc) is 2.64. The van der Waals surface area contributed by atoms with E-state index in [0.29, 0.717) is 28.5 Å². The molecule has 2 aromatic rings. The van der Waals surface area contributed by atoms with Crippen LogP contribution in [0.3, 0.4) is 0 Å². The standard InChI is InChI=1S/C19H18N2O4S/c1-11-4-12(2)21-18(16(11)7-20)26-9-15-6-13(19(22)23-3)5-14-8-24-10-25-17(14)15/h4-6H,8-10H2,1-3H3. The topological polar surface area (TPSA) is 81.4 Å². The molecule has 0 saturated heterocycles. The molecule has 0 spiro atoms. The Hall–Kier alpha value is -2.56. The van der Waals surface area contributed by atoms with Crippen molar-refractivity contribution in [1.29, 1.82) is 5.26 Å². The summed E-state index contributed by atoms with van der Waals surface area (Å²) in [6.07, 6.45) is 0. The Morgan fingerprint density at radius 3 is 2.92 bits per heavy atom. The largest absolute Gasteiger partial charge is 0.467 e. The van der Waals surface area contributed by atoms with Gasteiger partial charge in [0.25, 0.3) is 0 Å². The van der Waals surface area contributed by atoms with Gasteiger partial charge in [-0.25, -0.2) is 9.78 Å². The molecule has 0 radical (unpaired) electrons. The molecule has 1 aromatic heterocycles. The fourth-order valence-corrected chi connectivity index (χ4v) is 3.90. The van der Waals surface area contributed by atoms with Gasteiger partial charge < -0.3 is 14.2 Å². The summed E-state index contributed by atoms with van der Waals surface area (Å²) in [7, 11) is 1.35. The predicted molar refractivity (Wildman–Crippen MR) is 96.1 cm³/mol. The second-order valence-electron chi connectivity index (χ2n) is 5.89. The van der Waals surface area contributed by atoms with Crippen LogP contribution in [0.5, 0.6) is 5.75 Å². The molecular formula is C19H18N2O4S. The van der Waals surface area contributed by atoms with Crippen LogP contribution in [-0.4, -0.2) is 24.9 Å². The molecule has 1 aromatic carbocycles. The number of hydrogen-bond acceptors (Lipinski definition) is 7. The second-order valence-corrected chi connectivity index (χ2v) is 6.85. The third-order valence-electron chi connectivity index (χ3n) is 4.00. The van der Waals surface area contributed by atoms with E-state index in [9.17, 15) is 10.1 Å². The van der Waals surface area contributed by atoms with Crippen molar-refractivity contribution in [2.45, 2.75) is 31.2 Å². The van der Waals surface area contributed by atoms with E-state index in [2.05, 4.69) is 11.1 Å². The third-order valence-corrected chi connectivity index (χ3v) is 5.02. The fraction of sp³-hybridized carbons (Fsp3) is 0.316. The number of rotatable bonds is 4. The van der Waals surface area contributed by atoms with Crippen molar-refractivity contribution in [2.24, 2.45) is 0 Å². The smallest absolute Gasteiger partial charge is 0.337 e. The summed E-state index contributed by atoms with van der Waals surface area (Å²) in [6.45, 7) is 4.35. The molecule has 0 bridgehead atoms. The third kappa shape index (κ3) is 3.66. The summed E-state index contributed by atoms with van der Waals surface area (Å²) in [4.78, 5) is 16.4. The van der Waals surface area contributed by atoms with Crippen LogP contribution in [0, 0.1) is 25.2 Å². The molecule has 1 aliphatic rings. The van der Waals surface area contributed by atoms with Gasteiger partial charge in [0.15, 0.2) is 6.79 Å².